The highest BCUT2D eigenvalue weighted by Gasteiger charge is 1.97. The minimum atomic E-state index is -0.411. The van der Waals surface area contributed by atoms with Crippen LogP contribution in [0, 0.1) is 6.92 Å². The van der Waals surface area contributed by atoms with Gasteiger partial charge in [0.05, 0.1) is 17.8 Å². The summed E-state index contributed by atoms with van der Waals surface area (Å²) in [7, 11) is 1.32. The molecule has 0 saturated carbocycles. The van der Waals surface area contributed by atoms with Gasteiger partial charge in [0.2, 0.25) is 0 Å². The Kier molecular flexibility index (Phi) is 4.18. The molecule has 0 amide bonds. The Morgan fingerprint density at radius 3 is 2.87 bits per heavy atom. The van der Waals surface area contributed by atoms with Crippen LogP contribution in [0.1, 0.15) is 5.56 Å². The number of anilines is 1. The number of aryl methyl sites for hydroxylation is 1. The van der Waals surface area contributed by atoms with Crippen molar-refractivity contribution in [3.05, 3.63) is 41.1 Å². The molecule has 0 spiro atoms. The van der Waals surface area contributed by atoms with E-state index in [0.29, 0.717) is 5.02 Å². The van der Waals surface area contributed by atoms with Crippen molar-refractivity contribution in [1.29, 1.82) is 0 Å². The lowest BCUT2D eigenvalue weighted by Gasteiger charge is -2.04. The van der Waals surface area contributed by atoms with Gasteiger partial charge in [-0.15, -0.1) is 0 Å². The molecule has 0 bridgehead atoms. The zero-order chi connectivity index (χ0) is 11.3. The van der Waals surface area contributed by atoms with Crippen LogP contribution in [-0.4, -0.2) is 13.1 Å². The highest BCUT2D eigenvalue weighted by molar-refractivity contribution is 6.33. The van der Waals surface area contributed by atoms with Crippen molar-refractivity contribution in [3.8, 4) is 0 Å². The van der Waals surface area contributed by atoms with Crippen molar-refractivity contribution in [3.63, 3.8) is 0 Å². The molecule has 4 heteroatoms. The summed E-state index contributed by atoms with van der Waals surface area (Å²) in [6, 6.07) is 5.62. The lowest BCUT2D eigenvalue weighted by Crippen LogP contribution is -1.96. The third kappa shape index (κ3) is 3.64. The van der Waals surface area contributed by atoms with Gasteiger partial charge in [0.15, 0.2) is 0 Å². The number of esters is 1. The van der Waals surface area contributed by atoms with Crippen molar-refractivity contribution in [1.82, 2.24) is 0 Å². The second kappa shape index (κ2) is 5.41. The third-order valence-electron chi connectivity index (χ3n) is 1.78. The average molecular weight is 226 g/mol. The van der Waals surface area contributed by atoms with E-state index in [1.807, 2.05) is 25.1 Å². The van der Waals surface area contributed by atoms with E-state index >= 15 is 0 Å². The first-order valence-electron chi connectivity index (χ1n) is 4.40. The maximum absolute atomic E-state index is 10.8. The molecule has 0 saturated heterocycles. The van der Waals surface area contributed by atoms with Crippen LogP contribution < -0.4 is 5.32 Å². The molecule has 0 aliphatic carbocycles. The van der Waals surface area contributed by atoms with Gasteiger partial charge >= 0.3 is 5.97 Å². The molecule has 1 rings (SSSR count). The second-order valence-electron chi connectivity index (χ2n) is 2.98. The van der Waals surface area contributed by atoms with E-state index in [1.165, 1.54) is 19.4 Å². The molecular weight excluding hydrogens is 214 g/mol. The Morgan fingerprint density at radius 1 is 1.53 bits per heavy atom. The number of hydrogen-bond donors (Lipinski definition) is 1. The number of benzene rings is 1. The predicted octanol–water partition coefficient (Wildman–Crippen LogP) is 2.75. The predicted molar refractivity (Wildman–Crippen MR) is 61.0 cm³/mol. The fraction of sp³-hybridized carbons (Fsp3) is 0.182. The van der Waals surface area contributed by atoms with Gasteiger partial charge < -0.3 is 10.1 Å². The maximum atomic E-state index is 10.8. The molecule has 1 N–H and O–H groups in total. The molecule has 0 aliphatic heterocycles. The molecule has 3 nitrogen and oxygen atoms in total. The largest absolute Gasteiger partial charge is 0.466 e. The number of rotatable bonds is 3. The van der Waals surface area contributed by atoms with Crippen LogP contribution in [0.25, 0.3) is 0 Å². The lowest BCUT2D eigenvalue weighted by molar-refractivity contribution is -0.134. The van der Waals surface area contributed by atoms with Gasteiger partial charge in [0.1, 0.15) is 0 Å². The van der Waals surface area contributed by atoms with Crippen LogP contribution in [0.3, 0.4) is 0 Å². The SMILES string of the molecule is COC(=O)/C=C/Nc1ccc(C)cc1Cl. The van der Waals surface area contributed by atoms with E-state index in [2.05, 4.69) is 10.1 Å². The monoisotopic (exact) mass is 225 g/mol. The molecular formula is C11H12ClNO2. The first-order valence-corrected chi connectivity index (χ1v) is 4.78. The van der Waals surface area contributed by atoms with Crippen molar-refractivity contribution in [2.24, 2.45) is 0 Å². The van der Waals surface area contributed by atoms with Crippen LogP contribution in [0.15, 0.2) is 30.5 Å². The number of hydrogen-bond acceptors (Lipinski definition) is 3. The molecule has 1 aromatic rings. The second-order valence-corrected chi connectivity index (χ2v) is 3.39. The van der Waals surface area contributed by atoms with Crippen LogP contribution >= 0.6 is 11.6 Å². The summed E-state index contributed by atoms with van der Waals surface area (Å²) < 4.78 is 4.44. The first-order chi connectivity index (χ1) is 7.13. The Bertz CT molecular complexity index is 388. The molecule has 0 atom stereocenters. The average Bonchev–Trinajstić information content (AvgIpc) is 2.21. The van der Waals surface area contributed by atoms with Gasteiger partial charge in [-0.2, -0.15) is 0 Å². The van der Waals surface area contributed by atoms with E-state index in [1.54, 1.807) is 0 Å². The molecule has 0 unspecified atom stereocenters. The van der Waals surface area contributed by atoms with E-state index in [-0.39, 0.29) is 0 Å². The summed E-state index contributed by atoms with van der Waals surface area (Å²) in [4.78, 5) is 10.8. The molecule has 0 aliphatic rings. The van der Waals surface area contributed by atoms with Crippen LogP contribution in [0.2, 0.25) is 5.02 Å². The first kappa shape index (κ1) is 11.6. The topological polar surface area (TPSA) is 38.3 Å². The number of halogens is 1. The summed E-state index contributed by atoms with van der Waals surface area (Å²) in [5, 5.41) is 3.51. The summed E-state index contributed by atoms with van der Waals surface area (Å²) in [6.45, 7) is 1.96. The fourth-order valence-corrected chi connectivity index (χ4v) is 1.29. The fourth-order valence-electron chi connectivity index (χ4n) is 1.00. The van der Waals surface area contributed by atoms with Gasteiger partial charge in [-0.25, -0.2) is 4.79 Å². The van der Waals surface area contributed by atoms with Crippen molar-refractivity contribution in [2.75, 3.05) is 12.4 Å². The van der Waals surface area contributed by atoms with Gasteiger partial charge in [-0.3, -0.25) is 0 Å². The Balaban J connectivity index is 2.65. The number of ether oxygens (including phenoxy) is 1. The van der Waals surface area contributed by atoms with Gasteiger partial charge in [-0.1, -0.05) is 17.7 Å². The Labute approximate surface area is 93.7 Å². The molecule has 0 aromatic heterocycles. The number of carbonyl (C=O) groups excluding carboxylic acids is 1. The van der Waals surface area contributed by atoms with E-state index < -0.39 is 5.97 Å². The zero-order valence-electron chi connectivity index (χ0n) is 8.58. The van der Waals surface area contributed by atoms with Crippen LogP contribution in [0.4, 0.5) is 5.69 Å². The molecule has 15 heavy (non-hydrogen) atoms. The Morgan fingerprint density at radius 2 is 2.27 bits per heavy atom. The Hall–Kier alpha value is -1.48. The van der Waals surface area contributed by atoms with Crippen LogP contribution in [0.5, 0.6) is 0 Å². The number of methoxy groups -OCH3 is 1. The molecule has 0 heterocycles. The summed E-state index contributed by atoms with van der Waals surface area (Å²) in [5.74, 6) is -0.411. The summed E-state index contributed by atoms with van der Waals surface area (Å²) in [5.41, 5.74) is 1.84. The lowest BCUT2D eigenvalue weighted by atomic mass is 10.2. The summed E-state index contributed by atoms with van der Waals surface area (Å²) in [6.07, 6.45) is 2.78. The van der Waals surface area contributed by atoms with Gasteiger partial charge in [0.25, 0.3) is 0 Å². The normalized spacial score (nSPS) is 10.3. The van der Waals surface area contributed by atoms with Crippen molar-refractivity contribution in [2.45, 2.75) is 6.92 Å². The summed E-state index contributed by atoms with van der Waals surface area (Å²) >= 11 is 5.97. The molecule has 0 radical (unpaired) electrons. The van der Waals surface area contributed by atoms with Crippen molar-refractivity contribution < 1.29 is 9.53 Å². The van der Waals surface area contributed by atoms with E-state index in [9.17, 15) is 4.79 Å². The number of nitrogens with one attached hydrogen (secondary N) is 1. The zero-order valence-corrected chi connectivity index (χ0v) is 9.34. The molecule has 80 valence electrons. The highest BCUT2D eigenvalue weighted by Crippen LogP contribution is 2.22. The smallest absolute Gasteiger partial charge is 0.331 e. The van der Waals surface area contributed by atoms with E-state index in [4.69, 9.17) is 11.6 Å². The molecule has 0 fully saturated rings. The highest BCUT2D eigenvalue weighted by atomic mass is 35.5. The minimum Gasteiger partial charge on any atom is -0.466 e. The van der Waals surface area contributed by atoms with Gasteiger partial charge in [0, 0.05) is 12.3 Å². The van der Waals surface area contributed by atoms with Crippen molar-refractivity contribution >= 4 is 23.3 Å². The maximum Gasteiger partial charge on any atom is 0.331 e. The quantitative estimate of drug-likeness (QED) is 0.635. The number of carbonyl (C=O) groups is 1. The van der Waals surface area contributed by atoms with Crippen LogP contribution in [-0.2, 0) is 9.53 Å². The minimum absolute atomic E-state index is 0.411. The third-order valence-corrected chi connectivity index (χ3v) is 2.10. The van der Waals surface area contributed by atoms with Gasteiger partial charge in [-0.05, 0) is 24.6 Å². The molecule has 1 aromatic carbocycles. The van der Waals surface area contributed by atoms with E-state index in [0.717, 1.165) is 11.3 Å². The standard InChI is InChI=1S/C11H12ClNO2/c1-8-3-4-10(9(12)7-8)13-6-5-11(14)15-2/h3-7,13H,1-2H3/b6-5+.